The van der Waals surface area contributed by atoms with Gasteiger partial charge in [-0.1, -0.05) is 31.6 Å². The largest absolute Gasteiger partial charge is 0.357 e. The van der Waals surface area contributed by atoms with Crippen molar-refractivity contribution in [2.24, 2.45) is 0 Å². The van der Waals surface area contributed by atoms with Gasteiger partial charge in [0.1, 0.15) is 16.5 Å². The summed E-state index contributed by atoms with van der Waals surface area (Å²) in [6, 6.07) is 15.4. The lowest BCUT2D eigenvalue weighted by molar-refractivity contribution is 0.364. The minimum Gasteiger partial charge on any atom is -0.357 e. The SMILES string of the molecule is FS(F)(F)(F)(F)c1ccc(N2[C@@H](c3ccc4nc([C@@H]5CCCN5)[nH]c4c3)CC[C@@H]2c2ccc3nc([C@@H]4CCCN4)[nH]c3c2)cc1. The number of nitrogens with zero attached hydrogens (tertiary/aromatic N) is 3. The molecule has 7 nitrogen and oxygen atoms in total. The molecule has 0 radical (unpaired) electrons. The summed E-state index contributed by atoms with van der Waals surface area (Å²) >= 11 is 0. The van der Waals surface area contributed by atoms with Crippen LogP contribution in [0.2, 0.25) is 0 Å². The summed E-state index contributed by atoms with van der Waals surface area (Å²) in [6.45, 7) is 1.91. The minimum absolute atomic E-state index is 0.184. The number of aromatic nitrogens is 4. The fraction of sp³-hybridized carbons (Fsp3) is 0.375. The fourth-order valence-corrected chi connectivity index (χ4v) is 8.03. The van der Waals surface area contributed by atoms with Gasteiger partial charge in [-0.15, -0.1) is 0 Å². The van der Waals surface area contributed by atoms with Crippen molar-refractivity contribution >= 4 is 38.0 Å². The number of nitrogens with one attached hydrogen (secondary N) is 4. The van der Waals surface area contributed by atoms with Gasteiger partial charge >= 0.3 is 10.2 Å². The van der Waals surface area contributed by atoms with Crippen molar-refractivity contribution in [3.8, 4) is 0 Å². The van der Waals surface area contributed by atoms with Gasteiger partial charge in [0.05, 0.1) is 46.2 Å². The van der Waals surface area contributed by atoms with E-state index in [-0.39, 0.29) is 24.2 Å². The number of H-pyrrole nitrogens is 2. The van der Waals surface area contributed by atoms with Crippen LogP contribution >= 0.6 is 10.2 Å². The number of aromatic amines is 2. The molecule has 5 aromatic rings. The molecule has 0 aliphatic carbocycles. The molecule has 3 aliphatic heterocycles. The molecular formula is C32H34F5N7S. The summed E-state index contributed by atoms with van der Waals surface area (Å²) in [7, 11) is -9.81. The van der Waals surface area contributed by atoms with Crippen LogP contribution in [-0.2, 0) is 0 Å². The number of halogens is 5. The Hall–Kier alpha value is -3.68. The third-order valence-electron chi connectivity index (χ3n) is 9.56. The Morgan fingerprint density at radius 3 is 1.53 bits per heavy atom. The fourth-order valence-electron chi connectivity index (χ4n) is 7.38. The van der Waals surface area contributed by atoms with E-state index in [1.165, 1.54) is 12.1 Å². The lowest BCUT2D eigenvalue weighted by Gasteiger charge is -2.41. The molecule has 0 saturated carbocycles. The van der Waals surface area contributed by atoms with Crippen LogP contribution < -0.4 is 15.5 Å². The van der Waals surface area contributed by atoms with Gasteiger partial charge in [0.25, 0.3) is 0 Å². The predicted molar refractivity (Wildman–Crippen MR) is 167 cm³/mol. The van der Waals surface area contributed by atoms with Crippen molar-refractivity contribution in [3.05, 3.63) is 83.4 Å². The Morgan fingerprint density at radius 1 is 0.622 bits per heavy atom. The Bertz CT molecular complexity index is 1790. The molecule has 3 aliphatic rings. The number of imidazole rings is 2. The van der Waals surface area contributed by atoms with Crippen LogP contribution in [0.4, 0.5) is 25.1 Å². The highest BCUT2D eigenvalue weighted by atomic mass is 32.5. The minimum atomic E-state index is -9.81. The van der Waals surface area contributed by atoms with E-state index in [4.69, 9.17) is 9.97 Å². The summed E-state index contributed by atoms with van der Waals surface area (Å²) in [5.74, 6) is 1.79. The molecular weight excluding hydrogens is 609 g/mol. The molecule has 3 aromatic carbocycles. The van der Waals surface area contributed by atoms with Crippen LogP contribution in [0.3, 0.4) is 0 Å². The van der Waals surface area contributed by atoms with Gasteiger partial charge in [0, 0.05) is 5.69 Å². The van der Waals surface area contributed by atoms with Gasteiger partial charge in [0.2, 0.25) is 0 Å². The molecule has 3 saturated heterocycles. The maximum Gasteiger partial charge on any atom is 0.310 e. The summed E-state index contributed by atoms with van der Waals surface area (Å²) < 4.78 is 68.1. The van der Waals surface area contributed by atoms with Crippen molar-refractivity contribution in [3.63, 3.8) is 0 Å². The van der Waals surface area contributed by atoms with Gasteiger partial charge in [-0.3, -0.25) is 0 Å². The average Bonchev–Trinajstić information content (AvgIpc) is 3.83. The van der Waals surface area contributed by atoms with Crippen molar-refractivity contribution in [2.75, 3.05) is 18.0 Å². The first-order valence-electron chi connectivity index (χ1n) is 15.5. The maximum atomic E-state index is 13.6. The standard InChI is InChI=1S/C32H34F5N7S/c33-45(34,35,36,37)22-9-7-21(8-10-22)44-29(19-5-11-23-27(17-19)42-31(40-23)25-3-1-15-38-25)13-14-30(44)20-6-12-24-28(18-20)43-32(41-24)26-4-2-16-39-26/h5-12,17-18,25-26,29-30,38-39H,1-4,13-16H2,(H,40,42)(H,41,43)/t25-,26-,29+,30+/m0/s1. The Morgan fingerprint density at radius 2 is 1.11 bits per heavy atom. The zero-order chi connectivity index (χ0) is 31.0. The molecule has 2 aromatic heterocycles. The molecule has 13 heteroatoms. The van der Waals surface area contributed by atoms with E-state index in [2.05, 4.69) is 37.6 Å². The first-order valence-corrected chi connectivity index (χ1v) is 17.4. The second-order valence-electron chi connectivity index (χ2n) is 12.6. The normalized spacial score (nSPS) is 25.8. The van der Waals surface area contributed by atoms with Gasteiger partial charge < -0.3 is 25.5 Å². The number of benzene rings is 3. The monoisotopic (exact) mass is 643 g/mol. The third kappa shape index (κ3) is 5.34. The summed E-state index contributed by atoms with van der Waals surface area (Å²) in [5, 5.41) is 6.93. The quantitative estimate of drug-likeness (QED) is 0.139. The molecule has 45 heavy (non-hydrogen) atoms. The van der Waals surface area contributed by atoms with Gasteiger partial charge in [-0.05, 0) is 111 Å². The second kappa shape index (κ2) is 9.66. The van der Waals surface area contributed by atoms with E-state index in [0.29, 0.717) is 17.8 Å². The first kappa shape index (κ1) is 28.8. The molecule has 0 amide bonds. The van der Waals surface area contributed by atoms with Crippen molar-refractivity contribution in [2.45, 2.75) is 67.6 Å². The highest BCUT2D eigenvalue weighted by molar-refractivity contribution is 8.45. The van der Waals surface area contributed by atoms with Gasteiger partial charge in [-0.25, -0.2) is 9.97 Å². The van der Waals surface area contributed by atoms with E-state index in [1.807, 2.05) is 24.3 Å². The first-order chi connectivity index (χ1) is 21.4. The van der Waals surface area contributed by atoms with Crippen molar-refractivity contribution < 1.29 is 19.4 Å². The molecule has 0 bridgehead atoms. The highest BCUT2D eigenvalue weighted by Crippen LogP contribution is 3.02. The molecule has 238 valence electrons. The number of anilines is 1. The van der Waals surface area contributed by atoms with E-state index in [9.17, 15) is 19.4 Å². The summed E-state index contributed by atoms with van der Waals surface area (Å²) in [4.78, 5) is 16.7. The molecule has 0 spiro atoms. The van der Waals surface area contributed by atoms with Crippen molar-refractivity contribution in [1.82, 2.24) is 30.6 Å². The van der Waals surface area contributed by atoms with Crippen LogP contribution in [0.15, 0.2) is 65.6 Å². The summed E-state index contributed by atoms with van der Waals surface area (Å²) in [5.41, 5.74) is 5.89. The molecule has 0 unspecified atom stereocenters. The third-order valence-corrected chi connectivity index (χ3v) is 10.7. The maximum absolute atomic E-state index is 13.6. The Balaban J connectivity index is 1.18. The summed E-state index contributed by atoms with van der Waals surface area (Å²) in [6.07, 6.45) is 5.66. The van der Waals surface area contributed by atoms with Crippen LogP contribution in [0, 0.1) is 0 Å². The molecule has 5 heterocycles. The number of hydrogen-bond donors (Lipinski definition) is 4. The van der Waals surface area contributed by atoms with Crippen LogP contribution in [0.25, 0.3) is 22.1 Å². The Kier molecular flexibility index (Phi) is 6.18. The topological polar surface area (TPSA) is 84.7 Å². The zero-order valence-corrected chi connectivity index (χ0v) is 25.2. The smallest absolute Gasteiger partial charge is 0.310 e. The average molecular weight is 644 g/mol. The lowest BCUT2D eigenvalue weighted by atomic mass is 10.0. The van der Waals surface area contributed by atoms with Crippen LogP contribution in [0.5, 0.6) is 0 Å². The van der Waals surface area contributed by atoms with Gasteiger partial charge in [0.15, 0.2) is 0 Å². The number of rotatable bonds is 6. The van der Waals surface area contributed by atoms with Crippen LogP contribution in [-0.4, -0.2) is 33.0 Å². The van der Waals surface area contributed by atoms with Gasteiger partial charge in [-0.2, -0.15) is 0 Å². The number of hydrogen-bond acceptors (Lipinski definition) is 5. The Labute approximate surface area is 256 Å². The molecule has 3 fully saturated rings. The molecule has 4 atom stereocenters. The lowest BCUT2D eigenvalue weighted by Crippen LogP contribution is -2.26. The van der Waals surface area contributed by atoms with Crippen molar-refractivity contribution in [1.29, 1.82) is 0 Å². The predicted octanol–water partition coefficient (Wildman–Crippen LogP) is 9.03. The number of fused-ring (bicyclic) bond motifs is 2. The molecule has 4 N–H and O–H groups in total. The zero-order valence-electron chi connectivity index (χ0n) is 24.4. The van der Waals surface area contributed by atoms with E-state index in [0.717, 1.165) is 96.5 Å². The second-order valence-corrected chi connectivity index (χ2v) is 15.0. The van der Waals surface area contributed by atoms with E-state index >= 15 is 0 Å². The molecule has 8 rings (SSSR count). The highest BCUT2D eigenvalue weighted by Gasteiger charge is 2.65. The van der Waals surface area contributed by atoms with Crippen LogP contribution in [0.1, 0.15) is 85.5 Å². The van der Waals surface area contributed by atoms with E-state index < -0.39 is 15.1 Å². The van der Waals surface area contributed by atoms with E-state index in [1.54, 1.807) is 0 Å².